The first kappa shape index (κ1) is 13.9. The van der Waals surface area contributed by atoms with Gasteiger partial charge in [-0.05, 0) is 19.8 Å². The Morgan fingerprint density at radius 3 is 2.43 bits per heavy atom. The molecule has 0 fully saturated rings. The monoisotopic (exact) mass is 242 g/mol. The lowest BCUT2D eigenvalue weighted by atomic mass is 10.3. The summed E-state index contributed by atoms with van der Waals surface area (Å²) in [6, 6.07) is -0.0407. The van der Waals surface area contributed by atoms with E-state index in [-0.39, 0.29) is 12.7 Å². The van der Waals surface area contributed by atoms with E-state index < -0.39 is 20.2 Å². The standard InChI is InChI=1S/C7H15ClO5Si/c1-6(8)7(9)13-4-2-3-5-14(10,11)12/h6,10-12H,2-5H2,1H3. The molecule has 0 aliphatic rings. The van der Waals surface area contributed by atoms with Crippen LogP contribution in [-0.2, 0) is 9.53 Å². The van der Waals surface area contributed by atoms with Crippen molar-refractivity contribution < 1.29 is 23.9 Å². The van der Waals surface area contributed by atoms with Crippen molar-refractivity contribution in [3.63, 3.8) is 0 Å². The lowest BCUT2D eigenvalue weighted by Crippen LogP contribution is -2.34. The zero-order valence-electron chi connectivity index (χ0n) is 7.94. The molecule has 0 bridgehead atoms. The van der Waals surface area contributed by atoms with Crippen molar-refractivity contribution in [3.8, 4) is 0 Å². The van der Waals surface area contributed by atoms with E-state index in [0.717, 1.165) is 0 Å². The maximum absolute atomic E-state index is 10.8. The van der Waals surface area contributed by atoms with E-state index in [0.29, 0.717) is 12.8 Å². The summed E-state index contributed by atoms with van der Waals surface area (Å²) >= 11 is 5.43. The first-order valence-corrected chi connectivity index (χ1v) is 6.79. The van der Waals surface area contributed by atoms with E-state index >= 15 is 0 Å². The summed E-state index contributed by atoms with van der Waals surface area (Å²) < 4.78 is 4.72. The van der Waals surface area contributed by atoms with E-state index in [1.165, 1.54) is 6.92 Å². The fraction of sp³-hybridized carbons (Fsp3) is 0.857. The van der Waals surface area contributed by atoms with Crippen LogP contribution in [0, 0.1) is 0 Å². The Morgan fingerprint density at radius 1 is 1.43 bits per heavy atom. The molecule has 1 atom stereocenters. The first-order valence-electron chi connectivity index (χ1n) is 4.31. The first-order chi connectivity index (χ1) is 6.33. The summed E-state index contributed by atoms with van der Waals surface area (Å²) in [6.07, 6.45) is 0.880. The normalized spacial score (nSPS) is 13.8. The third-order valence-corrected chi connectivity index (χ3v) is 2.68. The van der Waals surface area contributed by atoms with Crippen molar-refractivity contribution in [2.45, 2.75) is 31.2 Å². The largest absolute Gasteiger partial charge is 0.492 e. The molecule has 0 radical (unpaired) electrons. The van der Waals surface area contributed by atoms with E-state index in [9.17, 15) is 4.79 Å². The molecule has 0 rings (SSSR count). The second-order valence-electron chi connectivity index (χ2n) is 3.01. The van der Waals surface area contributed by atoms with Crippen LogP contribution in [0.5, 0.6) is 0 Å². The molecule has 0 saturated heterocycles. The van der Waals surface area contributed by atoms with Gasteiger partial charge in [-0.25, -0.2) is 0 Å². The lowest BCUT2D eigenvalue weighted by molar-refractivity contribution is -0.142. The number of ether oxygens (including phenoxy) is 1. The molecule has 0 aromatic rings. The third-order valence-electron chi connectivity index (χ3n) is 1.48. The van der Waals surface area contributed by atoms with E-state index in [2.05, 4.69) is 0 Å². The fourth-order valence-electron chi connectivity index (χ4n) is 0.752. The number of hydrogen-bond acceptors (Lipinski definition) is 5. The van der Waals surface area contributed by atoms with Gasteiger partial charge < -0.3 is 19.1 Å². The van der Waals surface area contributed by atoms with Gasteiger partial charge in [0.05, 0.1) is 6.61 Å². The molecule has 7 heteroatoms. The number of halogens is 1. The van der Waals surface area contributed by atoms with Crippen molar-refractivity contribution in [1.29, 1.82) is 0 Å². The number of alkyl halides is 1. The van der Waals surface area contributed by atoms with Crippen LogP contribution in [0.3, 0.4) is 0 Å². The molecule has 0 aliphatic heterocycles. The molecular formula is C7H15ClO5Si. The minimum absolute atomic E-state index is 0.0407. The predicted octanol–water partition coefficient (Wildman–Crippen LogP) is -0.147. The van der Waals surface area contributed by atoms with Crippen LogP contribution in [0.4, 0.5) is 0 Å². The topological polar surface area (TPSA) is 87.0 Å². The van der Waals surface area contributed by atoms with Gasteiger partial charge in [-0.1, -0.05) is 0 Å². The van der Waals surface area contributed by atoms with Crippen molar-refractivity contribution in [3.05, 3.63) is 0 Å². The molecular weight excluding hydrogens is 228 g/mol. The van der Waals surface area contributed by atoms with Gasteiger partial charge in [-0.15, -0.1) is 11.6 Å². The summed E-state index contributed by atoms with van der Waals surface area (Å²) in [6.45, 7) is 1.69. The average Bonchev–Trinajstić information content (AvgIpc) is 2.01. The molecule has 0 aromatic carbocycles. The third kappa shape index (κ3) is 8.45. The fourth-order valence-corrected chi connectivity index (χ4v) is 1.54. The highest BCUT2D eigenvalue weighted by atomic mass is 35.5. The Bertz CT molecular complexity index is 179. The van der Waals surface area contributed by atoms with Crippen LogP contribution in [0.15, 0.2) is 0 Å². The van der Waals surface area contributed by atoms with Gasteiger partial charge in [0.15, 0.2) is 0 Å². The summed E-state index contributed by atoms with van der Waals surface area (Å²) in [5.74, 6) is -0.493. The number of carbonyl (C=O) groups is 1. The number of hydrogen-bond donors (Lipinski definition) is 3. The quantitative estimate of drug-likeness (QED) is 0.261. The SMILES string of the molecule is CC(Cl)C(=O)OCCCC[Si](O)(O)O. The van der Waals surface area contributed by atoms with E-state index in [4.69, 9.17) is 30.7 Å². The summed E-state index contributed by atoms with van der Waals surface area (Å²) in [5.41, 5.74) is 0. The van der Waals surface area contributed by atoms with Crippen LogP contribution in [0.25, 0.3) is 0 Å². The van der Waals surface area contributed by atoms with Gasteiger partial charge in [-0.2, -0.15) is 0 Å². The maximum atomic E-state index is 10.8. The zero-order valence-corrected chi connectivity index (χ0v) is 9.70. The van der Waals surface area contributed by atoms with Gasteiger partial charge in [-0.3, -0.25) is 4.79 Å². The second kappa shape index (κ2) is 6.36. The highest BCUT2D eigenvalue weighted by Crippen LogP contribution is 2.05. The van der Waals surface area contributed by atoms with Crippen LogP contribution in [-0.4, -0.2) is 41.1 Å². The lowest BCUT2D eigenvalue weighted by Gasteiger charge is -2.09. The average molecular weight is 243 g/mol. The maximum Gasteiger partial charge on any atom is 0.492 e. The summed E-state index contributed by atoms with van der Waals surface area (Å²) in [7, 11) is -3.92. The van der Waals surface area contributed by atoms with Crippen molar-refractivity contribution in [2.75, 3.05) is 6.61 Å². The molecule has 3 N–H and O–H groups in total. The molecule has 0 aliphatic carbocycles. The molecule has 0 aromatic heterocycles. The van der Waals surface area contributed by atoms with Gasteiger partial charge in [0.1, 0.15) is 5.38 Å². The van der Waals surface area contributed by atoms with Gasteiger partial charge >= 0.3 is 14.8 Å². The Balaban J connectivity index is 3.35. The molecule has 5 nitrogen and oxygen atoms in total. The number of esters is 1. The highest BCUT2D eigenvalue weighted by Gasteiger charge is 2.25. The van der Waals surface area contributed by atoms with E-state index in [1.807, 2.05) is 0 Å². The minimum Gasteiger partial charge on any atom is -0.465 e. The predicted molar refractivity (Wildman–Crippen MR) is 52.7 cm³/mol. The smallest absolute Gasteiger partial charge is 0.465 e. The Kier molecular flexibility index (Phi) is 6.30. The van der Waals surface area contributed by atoms with Crippen LogP contribution in [0.2, 0.25) is 6.04 Å². The molecule has 0 heterocycles. The molecule has 0 spiro atoms. The highest BCUT2D eigenvalue weighted by molar-refractivity contribution is 6.56. The molecule has 1 unspecified atom stereocenters. The molecule has 0 saturated carbocycles. The zero-order chi connectivity index (χ0) is 11.2. The Hall–Kier alpha value is -0.143. The Morgan fingerprint density at radius 2 is 2.00 bits per heavy atom. The molecule has 0 amide bonds. The van der Waals surface area contributed by atoms with E-state index in [1.54, 1.807) is 0 Å². The number of rotatable bonds is 6. The summed E-state index contributed by atoms with van der Waals surface area (Å²) in [4.78, 5) is 36.7. The van der Waals surface area contributed by atoms with Crippen LogP contribution < -0.4 is 0 Å². The second-order valence-corrected chi connectivity index (χ2v) is 5.72. The van der Waals surface area contributed by atoms with Gasteiger partial charge in [0, 0.05) is 6.04 Å². The van der Waals surface area contributed by atoms with Crippen LogP contribution in [0.1, 0.15) is 19.8 Å². The summed E-state index contributed by atoms with van der Waals surface area (Å²) in [5, 5.41) is -0.669. The van der Waals surface area contributed by atoms with Gasteiger partial charge in [0.25, 0.3) is 0 Å². The Labute approximate surface area is 88.6 Å². The van der Waals surface area contributed by atoms with Crippen LogP contribution >= 0.6 is 11.6 Å². The number of unbranched alkanes of at least 4 members (excludes halogenated alkanes) is 1. The van der Waals surface area contributed by atoms with Crippen molar-refractivity contribution in [2.24, 2.45) is 0 Å². The van der Waals surface area contributed by atoms with Crippen molar-refractivity contribution >= 4 is 26.4 Å². The van der Waals surface area contributed by atoms with Gasteiger partial charge in [0.2, 0.25) is 0 Å². The number of carbonyl (C=O) groups excluding carboxylic acids is 1. The molecule has 84 valence electrons. The minimum atomic E-state index is -3.92. The van der Waals surface area contributed by atoms with Crippen molar-refractivity contribution in [1.82, 2.24) is 0 Å². The molecule has 14 heavy (non-hydrogen) atoms.